The highest BCUT2D eigenvalue weighted by molar-refractivity contribution is 7.99. The lowest BCUT2D eigenvalue weighted by atomic mass is 10.1. The van der Waals surface area contributed by atoms with Gasteiger partial charge in [-0.25, -0.2) is 0 Å². The van der Waals surface area contributed by atoms with Crippen LogP contribution in [0.3, 0.4) is 0 Å². The van der Waals surface area contributed by atoms with E-state index in [4.69, 9.17) is 0 Å². The second-order valence-corrected chi connectivity index (χ2v) is 8.84. The summed E-state index contributed by atoms with van der Waals surface area (Å²) in [7, 11) is 0. The van der Waals surface area contributed by atoms with Gasteiger partial charge in [-0.1, -0.05) is 43.3 Å². The van der Waals surface area contributed by atoms with Gasteiger partial charge < -0.3 is 10.2 Å². The second kappa shape index (κ2) is 12.2. The SMILES string of the molecule is CC[C@@H](C)NC(=O)[C@@H](C)N(Cc1ccccc1C)C(=O)CSCc1ccc([N+](=O)[O-])cc1. The van der Waals surface area contributed by atoms with Crippen molar-refractivity contribution in [1.29, 1.82) is 0 Å². The van der Waals surface area contributed by atoms with Crippen LogP contribution >= 0.6 is 11.8 Å². The standard InChI is InChI=1S/C24H31N3O4S/c1-5-18(3)25-24(29)19(4)26(14-21-9-7-6-8-17(21)2)23(28)16-32-15-20-10-12-22(13-11-20)27(30)31/h6-13,18-19H,5,14-16H2,1-4H3,(H,25,29)/t18-,19-/m1/s1. The lowest BCUT2D eigenvalue weighted by molar-refractivity contribution is -0.384. The number of hydrogen-bond donors (Lipinski definition) is 1. The first kappa shape index (κ1) is 25.4. The molecule has 0 aliphatic carbocycles. The Hall–Kier alpha value is -2.87. The Labute approximate surface area is 193 Å². The summed E-state index contributed by atoms with van der Waals surface area (Å²) in [6.07, 6.45) is 0.815. The van der Waals surface area contributed by atoms with E-state index in [1.807, 2.05) is 45.0 Å². The molecule has 32 heavy (non-hydrogen) atoms. The molecule has 0 aliphatic heterocycles. The number of rotatable bonds is 11. The van der Waals surface area contributed by atoms with Gasteiger partial charge in [0, 0.05) is 30.5 Å². The number of non-ortho nitro benzene ring substituents is 1. The number of carbonyl (C=O) groups is 2. The molecule has 0 saturated heterocycles. The van der Waals surface area contributed by atoms with Gasteiger partial charge in [0.1, 0.15) is 6.04 Å². The summed E-state index contributed by atoms with van der Waals surface area (Å²) >= 11 is 1.43. The first-order chi connectivity index (χ1) is 15.2. The van der Waals surface area contributed by atoms with Crippen LogP contribution in [0.15, 0.2) is 48.5 Å². The predicted octanol–water partition coefficient (Wildman–Crippen LogP) is 4.47. The summed E-state index contributed by atoms with van der Waals surface area (Å²) < 4.78 is 0. The van der Waals surface area contributed by atoms with Crippen molar-refractivity contribution in [3.63, 3.8) is 0 Å². The Kier molecular flexibility index (Phi) is 9.71. The molecule has 2 amide bonds. The van der Waals surface area contributed by atoms with E-state index in [1.54, 1.807) is 24.0 Å². The van der Waals surface area contributed by atoms with Gasteiger partial charge >= 0.3 is 0 Å². The highest BCUT2D eigenvalue weighted by Gasteiger charge is 2.27. The van der Waals surface area contributed by atoms with E-state index < -0.39 is 11.0 Å². The average Bonchev–Trinajstić information content (AvgIpc) is 2.78. The number of amides is 2. The molecule has 0 fully saturated rings. The van der Waals surface area contributed by atoms with E-state index in [-0.39, 0.29) is 29.3 Å². The number of carbonyl (C=O) groups excluding carboxylic acids is 2. The van der Waals surface area contributed by atoms with Crippen molar-refractivity contribution in [1.82, 2.24) is 10.2 Å². The van der Waals surface area contributed by atoms with Crippen molar-refractivity contribution in [3.8, 4) is 0 Å². The minimum Gasteiger partial charge on any atom is -0.352 e. The molecule has 0 unspecified atom stereocenters. The van der Waals surface area contributed by atoms with Crippen LogP contribution in [0.5, 0.6) is 0 Å². The number of nitro groups is 1. The molecule has 1 N–H and O–H groups in total. The third kappa shape index (κ3) is 7.37. The smallest absolute Gasteiger partial charge is 0.269 e. The van der Waals surface area contributed by atoms with E-state index in [0.29, 0.717) is 12.3 Å². The molecule has 0 spiro atoms. The highest BCUT2D eigenvalue weighted by Crippen LogP contribution is 2.19. The van der Waals surface area contributed by atoms with Crippen LogP contribution in [0, 0.1) is 17.0 Å². The highest BCUT2D eigenvalue weighted by atomic mass is 32.2. The van der Waals surface area contributed by atoms with Gasteiger partial charge in [0.2, 0.25) is 11.8 Å². The normalized spacial score (nSPS) is 12.6. The van der Waals surface area contributed by atoms with Crippen molar-refractivity contribution in [2.75, 3.05) is 5.75 Å². The molecule has 2 rings (SSSR count). The van der Waals surface area contributed by atoms with E-state index in [0.717, 1.165) is 23.1 Å². The number of hydrogen-bond acceptors (Lipinski definition) is 5. The largest absolute Gasteiger partial charge is 0.352 e. The van der Waals surface area contributed by atoms with Crippen molar-refractivity contribution in [3.05, 3.63) is 75.3 Å². The Morgan fingerprint density at radius 3 is 2.38 bits per heavy atom. The molecule has 2 aromatic rings. The number of aryl methyl sites for hydroxylation is 1. The molecule has 2 aromatic carbocycles. The van der Waals surface area contributed by atoms with Gasteiger partial charge in [-0.15, -0.1) is 11.8 Å². The molecule has 0 aromatic heterocycles. The van der Waals surface area contributed by atoms with E-state index in [9.17, 15) is 19.7 Å². The van der Waals surface area contributed by atoms with Gasteiger partial charge in [-0.05, 0) is 43.9 Å². The monoisotopic (exact) mass is 457 g/mol. The number of nitrogens with one attached hydrogen (secondary N) is 1. The first-order valence-electron chi connectivity index (χ1n) is 10.7. The van der Waals surface area contributed by atoms with Crippen LogP contribution in [0.2, 0.25) is 0 Å². The molecule has 172 valence electrons. The zero-order valence-electron chi connectivity index (χ0n) is 19.0. The molecule has 0 heterocycles. The third-order valence-corrected chi connectivity index (χ3v) is 6.40. The fourth-order valence-electron chi connectivity index (χ4n) is 3.07. The molecule has 8 heteroatoms. The fourth-order valence-corrected chi connectivity index (χ4v) is 3.94. The molecule has 0 radical (unpaired) electrons. The van der Waals surface area contributed by atoms with Crippen LogP contribution in [0.4, 0.5) is 5.69 Å². The lowest BCUT2D eigenvalue weighted by Gasteiger charge is -2.30. The van der Waals surface area contributed by atoms with Gasteiger partial charge in [-0.3, -0.25) is 19.7 Å². The lowest BCUT2D eigenvalue weighted by Crippen LogP contribution is -2.50. The molecular weight excluding hydrogens is 426 g/mol. The van der Waals surface area contributed by atoms with Crippen LogP contribution in [-0.4, -0.2) is 39.5 Å². The molecule has 0 bridgehead atoms. The quantitative estimate of drug-likeness (QED) is 0.397. The first-order valence-corrected chi connectivity index (χ1v) is 11.8. The summed E-state index contributed by atoms with van der Waals surface area (Å²) in [5.41, 5.74) is 3.02. The minimum absolute atomic E-state index is 0.0388. The summed E-state index contributed by atoms with van der Waals surface area (Å²) in [6, 6.07) is 13.6. The number of thioether (sulfide) groups is 1. The van der Waals surface area contributed by atoms with E-state index in [1.165, 1.54) is 23.9 Å². The summed E-state index contributed by atoms with van der Waals surface area (Å²) in [5.74, 6) is 0.479. The summed E-state index contributed by atoms with van der Waals surface area (Å²) in [6.45, 7) is 8.05. The third-order valence-electron chi connectivity index (χ3n) is 5.41. The molecule has 7 nitrogen and oxygen atoms in total. The Morgan fingerprint density at radius 1 is 1.12 bits per heavy atom. The van der Waals surface area contributed by atoms with Gasteiger partial charge in [0.15, 0.2) is 0 Å². The zero-order valence-corrected chi connectivity index (χ0v) is 19.9. The van der Waals surface area contributed by atoms with E-state index >= 15 is 0 Å². The van der Waals surface area contributed by atoms with Gasteiger partial charge in [0.05, 0.1) is 10.7 Å². The second-order valence-electron chi connectivity index (χ2n) is 7.86. The van der Waals surface area contributed by atoms with Crippen LogP contribution < -0.4 is 5.32 Å². The Balaban J connectivity index is 2.07. The van der Waals surface area contributed by atoms with Crippen molar-refractivity contribution in [2.45, 2.75) is 58.5 Å². The van der Waals surface area contributed by atoms with Gasteiger partial charge in [-0.2, -0.15) is 0 Å². The molecule has 0 saturated carbocycles. The average molecular weight is 458 g/mol. The van der Waals surface area contributed by atoms with Crippen LogP contribution in [-0.2, 0) is 21.9 Å². The topological polar surface area (TPSA) is 92.6 Å². The van der Waals surface area contributed by atoms with Crippen LogP contribution in [0.25, 0.3) is 0 Å². The minimum atomic E-state index is -0.601. The number of nitro benzene ring substituents is 1. The summed E-state index contributed by atoms with van der Waals surface area (Å²) in [4.78, 5) is 37.9. The maximum Gasteiger partial charge on any atom is 0.269 e. The maximum atomic E-state index is 13.1. The number of benzene rings is 2. The van der Waals surface area contributed by atoms with Crippen molar-refractivity contribution < 1.29 is 14.5 Å². The molecular formula is C24H31N3O4S. The fraction of sp³-hybridized carbons (Fsp3) is 0.417. The summed E-state index contributed by atoms with van der Waals surface area (Å²) in [5, 5.41) is 13.8. The van der Waals surface area contributed by atoms with Gasteiger partial charge in [0.25, 0.3) is 5.69 Å². The number of nitrogens with zero attached hydrogens (tertiary/aromatic N) is 2. The molecule has 2 atom stereocenters. The Morgan fingerprint density at radius 2 is 1.78 bits per heavy atom. The zero-order chi connectivity index (χ0) is 23.7. The van der Waals surface area contributed by atoms with E-state index in [2.05, 4.69) is 5.32 Å². The van der Waals surface area contributed by atoms with Crippen molar-refractivity contribution >= 4 is 29.3 Å². The van der Waals surface area contributed by atoms with Crippen LogP contribution in [0.1, 0.15) is 43.9 Å². The Bertz CT molecular complexity index is 933. The molecule has 0 aliphatic rings. The maximum absolute atomic E-state index is 13.1. The van der Waals surface area contributed by atoms with Crippen molar-refractivity contribution in [2.24, 2.45) is 0 Å². The predicted molar refractivity (Wildman–Crippen MR) is 128 cm³/mol.